The zero-order valence-corrected chi connectivity index (χ0v) is 8.25. The Morgan fingerprint density at radius 2 is 2.50 bits per heavy atom. The summed E-state index contributed by atoms with van der Waals surface area (Å²) in [6.07, 6.45) is 0.389. The summed E-state index contributed by atoms with van der Waals surface area (Å²) < 4.78 is 0. The van der Waals surface area contributed by atoms with E-state index in [1.165, 1.54) is 0 Å². The van der Waals surface area contributed by atoms with Crippen molar-refractivity contribution in [1.29, 1.82) is 0 Å². The van der Waals surface area contributed by atoms with Crippen molar-refractivity contribution in [3.63, 3.8) is 0 Å². The number of amides is 2. The third-order valence-electron chi connectivity index (χ3n) is 2.19. The lowest BCUT2D eigenvalue weighted by Crippen LogP contribution is -2.42. The minimum Gasteiger partial charge on any atom is -0.392 e. The van der Waals surface area contributed by atoms with E-state index in [2.05, 4.69) is 10.6 Å². The Hall–Kier alpha value is -1.10. The molecular formula is C9H16N2O3. The minimum atomic E-state index is -0.545. The minimum absolute atomic E-state index is 0.0755. The number of hydrogen-bond donors (Lipinski definition) is 3. The molecule has 1 aliphatic rings. The third-order valence-corrected chi connectivity index (χ3v) is 2.19. The van der Waals surface area contributed by atoms with Crippen LogP contribution in [0.5, 0.6) is 0 Å². The summed E-state index contributed by atoms with van der Waals surface area (Å²) in [7, 11) is 0. The smallest absolute Gasteiger partial charge is 0.223 e. The van der Waals surface area contributed by atoms with Crippen LogP contribution in [0.15, 0.2) is 0 Å². The van der Waals surface area contributed by atoms with E-state index in [4.69, 9.17) is 5.11 Å². The number of rotatable bonds is 3. The largest absolute Gasteiger partial charge is 0.392 e. The van der Waals surface area contributed by atoms with Crippen LogP contribution in [0, 0.1) is 5.92 Å². The third kappa shape index (κ3) is 3.33. The highest BCUT2D eigenvalue weighted by Gasteiger charge is 2.25. The first-order chi connectivity index (χ1) is 6.59. The number of aliphatic hydroxyl groups is 1. The van der Waals surface area contributed by atoms with Gasteiger partial charge in [0.2, 0.25) is 11.8 Å². The summed E-state index contributed by atoms with van der Waals surface area (Å²) in [5, 5.41) is 14.2. The van der Waals surface area contributed by atoms with Crippen molar-refractivity contribution in [2.45, 2.75) is 25.9 Å². The van der Waals surface area contributed by atoms with Crippen LogP contribution in [-0.4, -0.2) is 36.1 Å². The zero-order chi connectivity index (χ0) is 10.6. The summed E-state index contributed by atoms with van der Waals surface area (Å²) in [6, 6.07) is 0. The fraction of sp³-hybridized carbons (Fsp3) is 0.778. The van der Waals surface area contributed by atoms with Gasteiger partial charge in [0, 0.05) is 25.4 Å². The first-order valence-corrected chi connectivity index (χ1v) is 4.82. The Morgan fingerprint density at radius 3 is 3.07 bits per heavy atom. The fourth-order valence-corrected chi connectivity index (χ4v) is 1.40. The lowest BCUT2D eigenvalue weighted by molar-refractivity contribution is -0.132. The number of carbonyl (C=O) groups is 2. The highest BCUT2D eigenvalue weighted by Crippen LogP contribution is 2.12. The van der Waals surface area contributed by atoms with Crippen molar-refractivity contribution < 1.29 is 14.7 Å². The van der Waals surface area contributed by atoms with Gasteiger partial charge in [-0.25, -0.2) is 0 Å². The molecule has 0 aliphatic carbocycles. The van der Waals surface area contributed by atoms with Crippen molar-refractivity contribution >= 4 is 11.8 Å². The molecule has 2 unspecified atom stereocenters. The van der Waals surface area contributed by atoms with Gasteiger partial charge in [-0.2, -0.15) is 0 Å². The van der Waals surface area contributed by atoms with Crippen LogP contribution < -0.4 is 10.6 Å². The van der Waals surface area contributed by atoms with Crippen LogP contribution in [0.1, 0.15) is 19.8 Å². The maximum absolute atomic E-state index is 11.4. The summed E-state index contributed by atoms with van der Waals surface area (Å²) in [4.78, 5) is 22.4. The average molecular weight is 200 g/mol. The molecule has 1 fully saturated rings. The Balaban J connectivity index is 2.32. The molecule has 0 spiro atoms. The van der Waals surface area contributed by atoms with Crippen LogP contribution in [0.4, 0.5) is 0 Å². The molecule has 1 saturated heterocycles. The Labute approximate surface area is 82.9 Å². The van der Waals surface area contributed by atoms with Gasteiger partial charge >= 0.3 is 0 Å². The number of carbonyl (C=O) groups excluding carboxylic acids is 2. The van der Waals surface area contributed by atoms with Gasteiger partial charge in [0.25, 0.3) is 0 Å². The predicted molar refractivity (Wildman–Crippen MR) is 50.4 cm³/mol. The second-order valence-corrected chi connectivity index (χ2v) is 3.63. The predicted octanol–water partition coefficient (Wildman–Crippen LogP) is -0.990. The molecule has 14 heavy (non-hydrogen) atoms. The topological polar surface area (TPSA) is 78.4 Å². The molecule has 2 amide bonds. The van der Waals surface area contributed by atoms with Gasteiger partial charge in [0.1, 0.15) is 0 Å². The Morgan fingerprint density at radius 1 is 1.79 bits per heavy atom. The maximum atomic E-state index is 11.4. The van der Waals surface area contributed by atoms with Crippen LogP contribution in [0.25, 0.3) is 0 Å². The zero-order valence-electron chi connectivity index (χ0n) is 8.25. The highest BCUT2D eigenvalue weighted by molar-refractivity contribution is 5.86. The van der Waals surface area contributed by atoms with Gasteiger partial charge in [-0.3, -0.25) is 9.59 Å². The molecule has 0 aromatic heterocycles. The van der Waals surface area contributed by atoms with E-state index in [1.807, 2.05) is 0 Å². The second-order valence-electron chi connectivity index (χ2n) is 3.63. The van der Waals surface area contributed by atoms with Gasteiger partial charge in [-0.05, 0) is 13.3 Å². The first-order valence-electron chi connectivity index (χ1n) is 4.82. The van der Waals surface area contributed by atoms with Crippen LogP contribution >= 0.6 is 0 Å². The second kappa shape index (κ2) is 4.95. The monoisotopic (exact) mass is 200 g/mol. The number of aliphatic hydroxyl groups excluding tert-OH is 1. The van der Waals surface area contributed by atoms with E-state index in [0.717, 1.165) is 0 Å². The lowest BCUT2D eigenvalue weighted by Gasteiger charge is -2.21. The summed E-state index contributed by atoms with van der Waals surface area (Å²) >= 11 is 0. The van der Waals surface area contributed by atoms with Gasteiger partial charge in [-0.1, -0.05) is 0 Å². The van der Waals surface area contributed by atoms with Gasteiger partial charge in [-0.15, -0.1) is 0 Å². The molecule has 1 heterocycles. The van der Waals surface area contributed by atoms with Crippen LogP contribution in [-0.2, 0) is 9.59 Å². The molecule has 0 radical (unpaired) electrons. The van der Waals surface area contributed by atoms with Crippen molar-refractivity contribution in [2.24, 2.45) is 5.92 Å². The number of piperidine rings is 1. The van der Waals surface area contributed by atoms with E-state index in [9.17, 15) is 9.59 Å². The number of nitrogens with one attached hydrogen (secondary N) is 2. The van der Waals surface area contributed by atoms with E-state index >= 15 is 0 Å². The lowest BCUT2D eigenvalue weighted by atomic mass is 9.97. The average Bonchev–Trinajstić information content (AvgIpc) is 2.14. The maximum Gasteiger partial charge on any atom is 0.223 e. The van der Waals surface area contributed by atoms with Crippen molar-refractivity contribution in [3.05, 3.63) is 0 Å². The molecule has 0 aromatic rings. The summed E-state index contributed by atoms with van der Waals surface area (Å²) in [5.74, 6) is -0.448. The molecule has 3 N–H and O–H groups in total. The molecule has 1 rings (SSSR count). The summed E-state index contributed by atoms with van der Waals surface area (Å²) in [5.41, 5.74) is 0. The van der Waals surface area contributed by atoms with E-state index < -0.39 is 6.10 Å². The van der Waals surface area contributed by atoms with Gasteiger partial charge in [0.05, 0.1) is 6.10 Å². The van der Waals surface area contributed by atoms with E-state index in [0.29, 0.717) is 13.0 Å². The number of hydrogen-bond acceptors (Lipinski definition) is 3. The molecule has 5 heteroatoms. The van der Waals surface area contributed by atoms with Gasteiger partial charge < -0.3 is 15.7 Å². The standard InChI is InChI=1S/C9H16N2O3/c1-6(12)5-11-9(14)7-2-3-10-8(13)4-7/h6-7,12H,2-5H2,1H3,(H,10,13)(H,11,14). The Bertz CT molecular complexity index is 228. The summed E-state index contributed by atoms with van der Waals surface area (Å²) in [6.45, 7) is 2.41. The van der Waals surface area contributed by atoms with Gasteiger partial charge in [0.15, 0.2) is 0 Å². The van der Waals surface area contributed by atoms with Crippen LogP contribution in [0.2, 0.25) is 0 Å². The quantitative estimate of drug-likeness (QED) is 0.547. The molecule has 0 saturated carbocycles. The molecule has 1 aliphatic heterocycles. The molecular weight excluding hydrogens is 184 g/mol. The first kappa shape index (κ1) is 11.0. The van der Waals surface area contributed by atoms with E-state index in [-0.39, 0.29) is 30.7 Å². The van der Waals surface area contributed by atoms with Crippen molar-refractivity contribution in [2.75, 3.05) is 13.1 Å². The normalized spacial score (nSPS) is 23.9. The van der Waals surface area contributed by atoms with Crippen molar-refractivity contribution in [3.8, 4) is 0 Å². The molecule has 5 nitrogen and oxygen atoms in total. The highest BCUT2D eigenvalue weighted by atomic mass is 16.3. The molecule has 2 atom stereocenters. The van der Waals surface area contributed by atoms with E-state index in [1.54, 1.807) is 6.92 Å². The molecule has 0 bridgehead atoms. The Kier molecular flexibility index (Phi) is 3.88. The molecule has 80 valence electrons. The molecule has 0 aromatic carbocycles. The van der Waals surface area contributed by atoms with Crippen molar-refractivity contribution in [1.82, 2.24) is 10.6 Å². The SMILES string of the molecule is CC(O)CNC(=O)C1CCNC(=O)C1. The van der Waals surface area contributed by atoms with Crippen LogP contribution in [0.3, 0.4) is 0 Å². The fourth-order valence-electron chi connectivity index (χ4n) is 1.40.